The third-order valence-corrected chi connectivity index (χ3v) is 3.04. The largest absolute Gasteiger partial charge is 0.368 e. The zero-order chi connectivity index (χ0) is 14.5. The summed E-state index contributed by atoms with van der Waals surface area (Å²) in [4.78, 5) is 26.9. The Hall–Kier alpha value is -2.37. The van der Waals surface area contributed by atoms with E-state index >= 15 is 0 Å². The topological polar surface area (TPSA) is 90.0 Å². The summed E-state index contributed by atoms with van der Waals surface area (Å²) in [7, 11) is 0. The van der Waals surface area contributed by atoms with E-state index in [1.54, 1.807) is 11.5 Å². The molecule has 106 valence electrons. The molecule has 1 aromatic carbocycles. The molecule has 2 aromatic rings. The molecule has 2 rings (SSSR count). The average molecular weight is 274 g/mol. The van der Waals surface area contributed by atoms with Gasteiger partial charge in [-0.1, -0.05) is 19.1 Å². The zero-order valence-corrected chi connectivity index (χ0v) is 11.4. The number of fused-ring (bicyclic) bond motifs is 1. The van der Waals surface area contributed by atoms with Crippen molar-refractivity contribution in [2.45, 2.75) is 26.3 Å². The molecule has 1 heterocycles. The maximum absolute atomic E-state index is 11.2. The first-order valence-corrected chi connectivity index (χ1v) is 6.61. The summed E-state index contributed by atoms with van der Waals surface area (Å²) < 4.78 is 1.80. The van der Waals surface area contributed by atoms with Crippen molar-refractivity contribution in [2.24, 2.45) is 5.73 Å². The Balaban J connectivity index is 2.22. The minimum absolute atomic E-state index is 0.00237. The van der Waals surface area contributed by atoms with Crippen molar-refractivity contribution in [3.63, 3.8) is 0 Å². The van der Waals surface area contributed by atoms with E-state index in [4.69, 9.17) is 5.73 Å². The molecule has 0 aliphatic rings. The molecule has 0 bridgehead atoms. The van der Waals surface area contributed by atoms with Crippen LogP contribution in [0.5, 0.6) is 0 Å². The number of amides is 2. The summed E-state index contributed by atoms with van der Waals surface area (Å²) >= 11 is 0. The molecular formula is C14H18N4O2. The van der Waals surface area contributed by atoms with Crippen LogP contribution in [0.15, 0.2) is 24.3 Å². The average Bonchev–Trinajstić information content (AvgIpc) is 2.76. The zero-order valence-electron chi connectivity index (χ0n) is 11.4. The van der Waals surface area contributed by atoms with E-state index in [-0.39, 0.29) is 12.5 Å². The third kappa shape index (κ3) is 3.14. The van der Waals surface area contributed by atoms with Crippen molar-refractivity contribution < 1.29 is 9.59 Å². The summed E-state index contributed by atoms with van der Waals surface area (Å²) in [5.41, 5.74) is 6.99. The number of carbonyl (C=O) groups is 2. The minimum Gasteiger partial charge on any atom is -0.368 e. The number of nitrogens with zero attached hydrogens (tertiary/aromatic N) is 2. The van der Waals surface area contributed by atoms with Crippen molar-refractivity contribution in [1.29, 1.82) is 0 Å². The summed E-state index contributed by atoms with van der Waals surface area (Å²) in [6.07, 6.45) is 1.02. The van der Waals surface area contributed by atoms with Gasteiger partial charge in [-0.3, -0.25) is 9.59 Å². The number of aromatic nitrogens is 2. The van der Waals surface area contributed by atoms with E-state index in [0.29, 0.717) is 19.4 Å². The van der Waals surface area contributed by atoms with Crippen LogP contribution in [-0.2, 0) is 22.6 Å². The second-order valence-corrected chi connectivity index (χ2v) is 4.52. The summed E-state index contributed by atoms with van der Waals surface area (Å²) in [6.45, 7) is 2.39. The fourth-order valence-electron chi connectivity index (χ4n) is 2.09. The van der Waals surface area contributed by atoms with Crippen LogP contribution in [-0.4, -0.2) is 27.9 Å². The molecule has 0 unspecified atom stereocenters. The Kier molecular flexibility index (Phi) is 4.34. The van der Waals surface area contributed by atoms with Gasteiger partial charge in [-0.05, 0) is 12.1 Å². The number of imidazole rings is 1. The summed E-state index contributed by atoms with van der Waals surface area (Å²) in [6, 6.07) is 7.58. The van der Waals surface area contributed by atoms with Gasteiger partial charge < -0.3 is 15.6 Å². The molecule has 2 amide bonds. The van der Waals surface area contributed by atoms with E-state index in [9.17, 15) is 9.59 Å². The van der Waals surface area contributed by atoms with E-state index in [1.807, 2.05) is 24.3 Å². The maximum Gasteiger partial charge on any atom is 0.237 e. The first kappa shape index (κ1) is 14.0. The van der Waals surface area contributed by atoms with Gasteiger partial charge in [0.1, 0.15) is 12.4 Å². The fourth-order valence-corrected chi connectivity index (χ4v) is 2.09. The highest BCUT2D eigenvalue weighted by Crippen LogP contribution is 2.16. The summed E-state index contributed by atoms with van der Waals surface area (Å²) in [5.74, 6) is 0.343. The third-order valence-electron chi connectivity index (χ3n) is 3.04. The number of hydrogen-bond donors (Lipinski definition) is 2. The van der Waals surface area contributed by atoms with Crippen LogP contribution in [0.1, 0.15) is 19.2 Å². The molecule has 3 N–H and O–H groups in total. The van der Waals surface area contributed by atoms with E-state index in [2.05, 4.69) is 10.3 Å². The van der Waals surface area contributed by atoms with Crippen LogP contribution in [0, 0.1) is 0 Å². The van der Waals surface area contributed by atoms with Gasteiger partial charge in [0.25, 0.3) is 0 Å². The molecule has 0 aliphatic heterocycles. The van der Waals surface area contributed by atoms with Gasteiger partial charge in [0, 0.05) is 19.4 Å². The molecule has 0 spiro atoms. The highest BCUT2D eigenvalue weighted by molar-refractivity contribution is 5.80. The van der Waals surface area contributed by atoms with Gasteiger partial charge >= 0.3 is 0 Å². The predicted molar refractivity (Wildman–Crippen MR) is 75.9 cm³/mol. The molecule has 0 atom stereocenters. The Bertz CT molecular complexity index is 633. The number of para-hydroxylation sites is 2. The number of hydrogen-bond acceptors (Lipinski definition) is 3. The molecule has 0 fully saturated rings. The maximum atomic E-state index is 11.2. The standard InChI is InChI=1S/C14H18N4O2/c1-2-14(20)16-8-7-13-17-10-5-3-4-6-11(10)18(13)9-12(15)19/h3-6H,2,7-9H2,1H3,(H2,15,19)(H,16,20). The number of nitrogens with one attached hydrogen (secondary N) is 1. The van der Waals surface area contributed by atoms with Crippen LogP contribution < -0.4 is 11.1 Å². The Labute approximate surface area is 117 Å². The number of rotatable bonds is 6. The van der Waals surface area contributed by atoms with Gasteiger partial charge in [-0.15, -0.1) is 0 Å². The molecule has 1 aromatic heterocycles. The molecular weight excluding hydrogens is 256 g/mol. The fraction of sp³-hybridized carbons (Fsp3) is 0.357. The van der Waals surface area contributed by atoms with Gasteiger partial charge in [-0.2, -0.15) is 0 Å². The lowest BCUT2D eigenvalue weighted by atomic mass is 10.3. The SMILES string of the molecule is CCC(=O)NCCc1nc2ccccc2n1CC(N)=O. The molecule has 6 nitrogen and oxygen atoms in total. The highest BCUT2D eigenvalue weighted by Gasteiger charge is 2.12. The molecule has 0 radical (unpaired) electrons. The van der Waals surface area contributed by atoms with Crippen LogP contribution in [0.3, 0.4) is 0 Å². The molecule has 0 saturated carbocycles. The van der Waals surface area contributed by atoms with Crippen LogP contribution >= 0.6 is 0 Å². The number of carbonyl (C=O) groups excluding carboxylic acids is 2. The van der Waals surface area contributed by atoms with Crippen molar-refractivity contribution in [3.05, 3.63) is 30.1 Å². The number of benzene rings is 1. The van der Waals surface area contributed by atoms with Crippen LogP contribution in [0.2, 0.25) is 0 Å². The minimum atomic E-state index is -0.410. The lowest BCUT2D eigenvalue weighted by molar-refractivity contribution is -0.121. The highest BCUT2D eigenvalue weighted by atomic mass is 16.2. The Morgan fingerprint density at radius 1 is 1.35 bits per heavy atom. The van der Waals surface area contributed by atoms with Gasteiger partial charge in [0.15, 0.2) is 0 Å². The molecule has 20 heavy (non-hydrogen) atoms. The van der Waals surface area contributed by atoms with Gasteiger partial charge in [0.05, 0.1) is 11.0 Å². The van der Waals surface area contributed by atoms with Crippen molar-refractivity contribution >= 4 is 22.8 Å². The van der Waals surface area contributed by atoms with Crippen molar-refractivity contribution in [3.8, 4) is 0 Å². The van der Waals surface area contributed by atoms with E-state index < -0.39 is 5.91 Å². The predicted octanol–water partition coefficient (Wildman–Crippen LogP) is 0.590. The quantitative estimate of drug-likeness (QED) is 0.807. The number of nitrogens with two attached hydrogens (primary N) is 1. The van der Waals surface area contributed by atoms with E-state index in [0.717, 1.165) is 16.9 Å². The summed E-state index contributed by atoms with van der Waals surface area (Å²) in [5, 5.41) is 2.80. The molecule has 0 aliphatic carbocycles. The van der Waals surface area contributed by atoms with Gasteiger partial charge in [0.2, 0.25) is 11.8 Å². The van der Waals surface area contributed by atoms with Crippen LogP contribution in [0.25, 0.3) is 11.0 Å². The Morgan fingerprint density at radius 3 is 2.80 bits per heavy atom. The second-order valence-electron chi connectivity index (χ2n) is 4.52. The van der Waals surface area contributed by atoms with E-state index in [1.165, 1.54) is 0 Å². The lowest BCUT2D eigenvalue weighted by Crippen LogP contribution is -2.26. The van der Waals surface area contributed by atoms with Crippen molar-refractivity contribution in [2.75, 3.05) is 6.54 Å². The van der Waals surface area contributed by atoms with Crippen LogP contribution in [0.4, 0.5) is 0 Å². The first-order chi connectivity index (χ1) is 9.61. The number of primary amides is 1. The molecule has 0 saturated heterocycles. The first-order valence-electron chi connectivity index (χ1n) is 6.61. The van der Waals surface area contributed by atoms with Crippen molar-refractivity contribution in [1.82, 2.24) is 14.9 Å². The second kappa shape index (κ2) is 6.18. The van der Waals surface area contributed by atoms with Gasteiger partial charge in [-0.25, -0.2) is 4.98 Å². The monoisotopic (exact) mass is 274 g/mol. The lowest BCUT2D eigenvalue weighted by Gasteiger charge is -2.07. The smallest absolute Gasteiger partial charge is 0.237 e. The molecule has 6 heteroatoms. The normalized spacial score (nSPS) is 10.7. The Morgan fingerprint density at radius 2 is 2.10 bits per heavy atom.